The summed E-state index contributed by atoms with van der Waals surface area (Å²) in [4.78, 5) is 18.2. The second-order valence-electron chi connectivity index (χ2n) is 6.39. The molecule has 4 rings (SSSR count). The molecule has 0 bridgehead atoms. The maximum absolute atomic E-state index is 12.6. The number of fused-ring (bicyclic) bond motifs is 1. The van der Waals surface area contributed by atoms with Gasteiger partial charge in [-0.1, -0.05) is 30.3 Å². The second-order valence-corrected chi connectivity index (χ2v) is 6.39. The van der Waals surface area contributed by atoms with Gasteiger partial charge in [0, 0.05) is 29.3 Å². The predicted octanol–water partition coefficient (Wildman–Crippen LogP) is 4.02. The van der Waals surface area contributed by atoms with Gasteiger partial charge in [0.2, 0.25) is 0 Å². The number of amides is 1. The van der Waals surface area contributed by atoms with Crippen molar-refractivity contribution in [2.45, 2.75) is 19.4 Å². The molecule has 0 aliphatic carbocycles. The zero-order chi connectivity index (χ0) is 16.4. The van der Waals surface area contributed by atoms with Gasteiger partial charge in [-0.15, -0.1) is 0 Å². The number of nitrogens with zero attached hydrogens (tertiary/aromatic N) is 1. The summed E-state index contributed by atoms with van der Waals surface area (Å²) in [5, 5.41) is 3.97. The summed E-state index contributed by atoms with van der Waals surface area (Å²) in [5.41, 5.74) is 3.75. The average molecular weight is 319 g/mol. The van der Waals surface area contributed by atoms with E-state index >= 15 is 0 Å². The molecular formula is C20H21N3O. The fourth-order valence-corrected chi connectivity index (χ4v) is 3.40. The highest BCUT2D eigenvalue weighted by Crippen LogP contribution is 2.20. The van der Waals surface area contributed by atoms with Gasteiger partial charge in [-0.25, -0.2) is 0 Å². The fraction of sp³-hybridized carbons (Fsp3) is 0.250. The lowest BCUT2D eigenvalue weighted by Crippen LogP contribution is -2.18. The quantitative estimate of drug-likeness (QED) is 0.763. The monoisotopic (exact) mass is 319 g/mol. The third kappa shape index (κ3) is 3.05. The first-order chi connectivity index (χ1) is 11.8. The Hall–Kier alpha value is -2.59. The van der Waals surface area contributed by atoms with Crippen molar-refractivity contribution in [3.8, 4) is 0 Å². The minimum Gasteiger partial charge on any atom is -0.360 e. The molecule has 24 heavy (non-hydrogen) atoms. The van der Waals surface area contributed by atoms with Crippen molar-refractivity contribution in [2.75, 3.05) is 18.4 Å². The molecule has 2 heterocycles. The summed E-state index contributed by atoms with van der Waals surface area (Å²) in [6.07, 6.45) is 4.35. The van der Waals surface area contributed by atoms with Gasteiger partial charge in [0.05, 0.1) is 5.56 Å². The SMILES string of the molecule is O=C(Nc1cccc(CN2CCCC2)c1)c1c[nH]c2ccccc12. The molecule has 1 saturated heterocycles. The van der Waals surface area contributed by atoms with Crippen LogP contribution >= 0.6 is 0 Å². The van der Waals surface area contributed by atoms with E-state index in [2.05, 4.69) is 27.3 Å². The molecule has 2 N–H and O–H groups in total. The molecule has 122 valence electrons. The summed E-state index contributed by atoms with van der Waals surface area (Å²) in [5.74, 6) is -0.0780. The molecule has 0 radical (unpaired) electrons. The van der Waals surface area contributed by atoms with Crippen molar-refractivity contribution >= 4 is 22.5 Å². The smallest absolute Gasteiger partial charge is 0.257 e. The average Bonchev–Trinajstić information content (AvgIpc) is 3.24. The van der Waals surface area contributed by atoms with Crippen LogP contribution in [0.5, 0.6) is 0 Å². The van der Waals surface area contributed by atoms with E-state index in [9.17, 15) is 4.79 Å². The summed E-state index contributed by atoms with van der Waals surface area (Å²) in [6.45, 7) is 3.30. The Morgan fingerprint density at radius 1 is 1.08 bits per heavy atom. The van der Waals surface area contributed by atoms with Gasteiger partial charge in [0.25, 0.3) is 5.91 Å². The Kier molecular flexibility index (Phi) is 4.05. The third-order valence-corrected chi connectivity index (χ3v) is 4.62. The number of hydrogen-bond donors (Lipinski definition) is 2. The van der Waals surface area contributed by atoms with E-state index in [4.69, 9.17) is 0 Å². The molecule has 0 atom stereocenters. The van der Waals surface area contributed by atoms with Crippen LogP contribution in [0.15, 0.2) is 54.7 Å². The number of H-pyrrole nitrogens is 1. The molecule has 1 aliphatic rings. The number of aromatic nitrogens is 1. The molecule has 0 spiro atoms. The van der Waals surface area contributed by atoms with Crippen LogP contribution in [0.1, 0.15) is 28.8 Å². The van der Waals surface area contributed by atoms with Gasteiger partial charge < -0.3 is 10.3 Å². The molecule has 1 amide bonds. The number of benzene rings is 2. The van der Waals surface area contributed by atoms with E-state index in [1.807, 2.05) is 36.4 Å². The first-order valence-electron chi connectivity index (χ1n) is 8.48. The van der Waals surface area contributed by atoms with Crippen molar-refractivity contribution in [3.05, 3.63) is 65.9 Å². The normalized spacial score (nSPS) is 15.0. The highest BCUT2D eigenvalue weighted by Gasteiger charge is 2.14. The minimum absolute atomic E-state index is 0.0780. The Morgan fingerprint density at radius 2 is 1.92 bits per heavy atom. The topological polar surface area (TPSA) is 48.1 Å². The van der Waals surface area contributed by atoms with Crippen LogP contribution in [0.2, 0.25) is 0 Å². The predicted molar refractivity (Wildman–Crippen MR) is 97.2 cm³/mol. The largest absolute Gasteiger partial charge is 0.360 e. The molecule has 4 heteroatoms. The van der Waals surface area contributed by atoms with Gasteiger partial charge in [-0.2, -0.15) is 0 Å². The lowest BCUT2D eigenvalue weighted by Gasteiger charge is -2.15. The van der Waals surface area contributed by atoms with Gasteiger partial charge in [0.1, 0.15) is 0 Å². The Labute approximate surface area is 141 Å². The first kappa shape index (κ1) is 15.0. The fourth-order valence-electron chi connectivity index (χ4n) is 3.40. The maximum atomic E-state index is 12.6. The summed E-state index contributed by atoms with van der Waals surface area (Å²) in [6, 6.07) is 16.0. The van der Waals surface area contributed by atoms with Crippen LogP contribution < -0.4 is 5.32 Å². The number of nitrogens with one attached hydrogen (secondary N) is 2. The third-order valence-electron chi connectivity index (χ3n) is 4.62. The summed E-state index contributed by atoms with van der Waals surface area (Å²) >= 11 is 0. The van der Waals surface area contributed by atoms with E-state index in [-0.39, 0.29) is 5.91 Å². The second kappa shape index (κ2) is 6.49. The summed E-state index contributed by atoms with van der Waals surface area (Å²) < 4.78 is 0. The van der Waals surface area contributed by atoms with E-state index in [1.165, 1.54) is 31.5 Å². The number of carbonyl (C=O) groups excluding carboxylic acids is 1. The molecular weight excluding hydrogens is 298 g/mol. The number of rotatable bonds is 4. The van der Waals surface area contributed by atoms with Crippen molar-refractivity contribution in [1.82, 2.24) is 9.88 Å². The highest BCUT2D eigenvalue weighted by molar-refractivity contribution is 6.12. The molecule has 1 aromatic heterocycles. The zero-order valence-electron chi connectivity index (χ0n) is 13.6. The van der Waals surface area contributed by atoms with E-state index < -0.39 is 0 Å². The van der Waals surface area contributed by atoms with Gasteiger partial charge in [-0.3, -0.25) is 9.69 Å². The lowest BCUT2D eigenvalue weighted by molar-refractivity contribution is 0.102. The molecule has 3 aromatic rings. The van der Waals surface area contributed by atoms with Crippen molar-refractivity contribution < 1.29 is 4.79 Å². The molecule has 0 saturated carbocycles. The van der Waals surface area contributed by atoms with Crippen LogP contribution in [0.4, 0.5) is 5.69 Å². The highest BCUT2D eigenvalue weighted by atomic mass is 16.1. The lowest BCUT2D eigenvalue weighted by atomic mass is 10.1. The molecule has 1 fully saturated rings. The number of aromatic amines is 1. The van der Waals surface area contributed by atoms with Crippen molar-refractivity contribution in [2.24, 2.45) is 0 Å². The number of likely N-dealkylation sites (tertiary alicyclic amines) is 1. The number of anilines is 1. The Bertz CT molecular complexity index is 862. The van der Waals surface area contributed by atoms with Crippen LogP contribution in [-0.2, 0) is 6.54 Å². The molecule has 0 unspecified atom stereocenters. The van der Waals surface area contributed by atoms with Crippen LogP contribution in [0.25, 0.3) is 10.9 Å². The van der Waals surface area contributed by atoms with Crippen LogP contribution in [0.3, 0.4) is 0 Å². The van der Waals surface area contributed by atoms with Crippen molar-refractivity contribution in [1.29, 1.82) is 0 Å². The minimum atomic E-state index is -0.0780. The molecule has 4 nitrogen and oxygen atoms in total. The van der Waals surface area contributed by atoms with E-state index in [0.29, 0.717) is 5.56 Å². The molecule has 1 aliphatic heterocycles. The van der Waals surface area contributed by atoms with Gasteiger partial charge in [0.15, 0.2) is 0 Å². The maximum Gasteiger partial charge on any atom is 0.257 e. The van der Waals surface area contributed by atoms with E-state index in [1.54, 1.807) is 6.20 Å². The number of carbonyl (C=O) groups is 1. The standard InChI is InChI=1S/C20H21N3O/c24-20(18-13-21-19-9-2-1-8-17(18)19)22-16-7-5-6-15(12-16)14-23-10-3-4-11-23/h1-2,5-9,12-13,21H,3-4,10-11,14H2,(H,22,24). The van der Waals surface area contributed by atoms with Crippen LogP contribution in [-0.4, -0.2) is 28.9 Å². The molecule has 2 aromatic carbocycles. The van der Waals surface area contributed by atoms with Gasteiger partial charge >= 0.3 is 0 Å². The van der Waals surface area contributed by atoms with E-state index in [0.717, 1.165) is 23.1 Å². The number of hydrogen-bond acceptors (Lipinski definition) is 2. The number of para-hydroxylation sites is 1. The van der Waals surface area contributed by atoms with Gasteiger partial charge in [-0.05, 0) is 49.7 Å². The first-order valence-corrected chi connectivity index (χ1v) is 8.48. The van der Waals surface area contributed by atoms with Crippen molar-refractivity contribution in [3.63, 3.8) is 0 Å². The van der Waals surface area contributed by atoms with Crippen LogP contribution in [0, 0.1) is 0 Å². The Balaban J connectivity index is 1.51. The Morgan fingerprint density at radius 3 is 2.79 bits per heavy atom. The summed E-state index contributed by atoms with van der Waals surface area (Å²) in [7, 11) is 0. The zero-order valence-corrected chi connectivity index (χ0v) is 13.6.